The number of nitrogens with zero attached hydrogens (tertiary/aromatic N) is 5. The molecule has 23 heavy (non-hydrogen) atoms. The van der Waals surface area contributed by atoms with Crippen LogP contribution in [0.3, 0.4) is 0 Å². The van der Waals surface area contributed by atoms with Crippen molar-refractivity contribution in [2.24, 2.45) is 7.05 Å². The molecule has 1 amide bonds. The van der Waals surface area contributed by atoms with Crippen molar-refractivity contribution >= 4 is 5.91 Å². The van der Waals surface area contributed by atoms with E-state index >= 15 is 0 Å². The minimum Gasteiger partial charge on any atom is -0.339 e. The third kappa shape index (κ3) is 4.39. The third-order valence-electron chi connectivity index (χ3n) is 3.99. The Hall–Kier alpha value is -2.21. The van der Waals surface area contributed by atoms with E-state index in [2.05, 4.69) is 28.0 Å². The van der Waals surface area contributed by atoms with Crippen LogP contribution in [0.25, 0.3) is 0 Å². The van der Waals surface area contributed by atoms with E-state index in [9.17, 15) is 4.79 Å². The van der Waals surface area contributed by atoms with Crippen molar-refractivity contribution in [2.75, 3.05) is 27.2 Å². The highest BCUT2D eigenvalue weighted by atomic mass is 16.2. The summed E-state index contributed by atoms with van der Waals surface area (Å²) in [5.41, 5.74) is 2.97. The van der Waals surface area contributed by atoms with Gasteiger partial charge in [-0.1, -0.05) is 6.07 Å². The fourth-order valence-electron chi connectivity index (χ4n) is 2.41. The maximum atomic E-state index is 12.4. The van der Waals surface area contributed by atoms with E-state index in [1.54, 1.807) is 11.1 Å². The first kappa shape index (κ1) is 17.1. The number of imidazole rings is 1. The van der Waals surface area contributed by atoms with Crippen LogP contribution in [0.2, 0.25) is 0 Å². The second-order valence-electron chi connectivity index (χ2n) is 6.08. The van der Waals surface area contributed by atoms with Crippen molar-refractivity contribution in [1.29, 1.82) is 0 Å². The first-order valence-electron chi connectivity index (χ1n) is 7.71. The van der Waals surface area contributed by atoms with Crippen LogP contribution in [0.5, 0.6) is 0 Å². The highest BCUT2D eigenvalue weighted by Crippen LogP contribution is 2.07. The fourth-order valence-corrected chi connectivity index (χ4v) is 2.41. The molecule has 0 aromatic carbocycles. The Bertz CT molecular complexity index is 679. The van der Waals surface area contributed by atoms with Crippen LogP contribution >= 0.6 is 0 Å². The average Bonchev–Trinajstić information content (AvgIpc) is 2.84. The molecule has 0 aliphatic rings. The number of pyridine rings is 1. The number of carbonyl (C=O) groups excluding carboxylic acids is 1. The summed E-state index contributed by atoms with van der Waals surface area (Å²) >= 11 is 0. The Morgan fingerprint density at radius 1 is 1.17 bits per heavy atom. The van der Waals surface area contributed by atoms with Crippen LogP contribution in [-0.2, 0) is 13.6 Å². The molecular weight excluding hydrogens is 290 g/mol. The van der Waals surface area contributed by atoms with Gasteiger partial charge in [0, 0.05) is 46.1 Å². The van der Waals surface area contributed by atoms with Gasteiger partial charge in [-0.2, -0.15) is 0 Å². The highest BCUT2D eigenvalue weighted by Gasteiger charge is 2.16. The normalized spacial score (nSPS) is 11.0. The standard InChI is InChI=1S/C17H25N5O/c1-13-8-15(10-18-9-13)12-20(3)6-7-21(4)17(23)16-11-19-14(2)22(16)5/h8-11H,6-7,12H2,1-5H3. The number of hydrogen-bond acceptors (Lipinski definition) is 4. The van der Waals surface area contributed by atoms with Gasteiger partial charge in [0.1, 0.15) is 11.5 Å². The maximum Gasteiger partial charge on any atom is 0.271 e. The summed E-state index contributed by atoms with van der Waals surface area (Å²) < 4.78 is 1.82. The lowest BCUT2D eigenvalue weighted by Gasteiger charge is -2.22. The summed E-state index contributed by atoms with van der Waals surface area (Å²) in [6, 6.07) is 2.14. The molecule has 6 heteroatoms. The van der Waals surface area contributed by atoms with Crippen LogP contribution in [0.1, 0.15) is 27.4 Å². The van der Waals surface area contributed by atoms with E-state index in [-0.39, 0.29) is 5.91 Å². The smallest absolute Gasteiger partial charge is 0.271 e. The van der Waals surface area contributed by atoms with Gasteiger partial charge in [-0.3, -0.25) is 9.78 Å². The molecular formula is C17H25N5O. The molecule has 0 radical (unpaired) electrons. The highest BCUT2D eigenvalue weighted by molar-refractivity contribution is 5.92. The third-order valence-corrected chi connectivity index (χ3v) is 3.99. The number of hydrogen-bond donors (Lipinski definition) is 0. The zero-order valence-corrected chi connectivity index (χ0v) is 14.6. The van der Waals surface area contributed by atoms with Gasteiger partial charge in [0.2, 0.25) is 0 Å². The Balaban J connectivity index is 1.87. The van der Waals surface area contributed by atoms with Crippen molar-refractivity contribution in [1.82, 2.24) is 24.3 Å². The van der Waals surface area contributed by atoms with Crippen LogP contribution in [0.15, 0.2) is 24.7 Å². The molecule has 0 saturated carbocycles. The largest absolute Gasteiger partial charge is 0.339 e. The molecule has 0 aliphatic heterocycles. The summed E-state index contributed by atoms with van der Waals surface area (Å²) in [6.45, 7) is 6.21. The van der Waals surface area contributed by atoms with Crippen LogP contribution < -0.4 is 0 Å². The van der Waals surface area contributed by atoms with Gasteiger partial charge in [0.25, 0.3) is 5.91 Å². The fraction of sp³-hybridized carbons (Fsp3) is 0.471. The molecule has 0 spiro atoms. The molecule has 0 unspecified atom stereocenters. The number of aryl methyl sites for hydroxylation is 2. The van der Waals surface area contributed by atoms with Crippen molar-refractivity contribution in [3.05, 3.63) is 47.3 Å². The van der Waals surface area contributed by atoms with Gasteiger partial charge in [0.05, 0.1) is 6.20 Å². The summed E-state index contributed by atoms with van der Waals surface area (Å²) in [5.74, 6) is 0.838. The molecule has 0 saturated heterocycles. The number of amides is 1. The molecule has 0 atom stereocenters. The lowest BCUT2D eigenvalue weighted by Crippen LogP contribution is -2.35. The lowest BCUT2D eigenvalue weighted by molar-refractivity contribution is 0.0772. The van der Waals surface area contributed by atoms with Gasteiger partial charge in [-0.25, -0.2) is 4.98 Å². The van der Waals surface area contributed by atoms with Crippen LogP contribution in [0.4, 0.5) is 0 Å². The zero-order chi connectivity index (χ0) is 17.0. The van der Waals surface area contributed by atoms with Crippen LogP contribution in [-0.4, -0.2) is 57.4 Å². The van der Waals surface area contributed by atoms with Gasteiger partial charge in [-0.15, -0.1) is 0 Å². The van der Waals surface area contributed by atoms with E-state index in [1.807, 2.05) is 44.9 Å². The first-order valence-corrected chi connectivity index (χ1v) is 7.71. The summed E-state index contributed by atoms with van der Waals surface area (Å²) in [6.07, 6.45) is 5.37. The quantitative estimate of drug-likeness (QED) is 0.813. The van der Waals surface area contributed by atoms with Crippen LogP contribution in [0, 0.1) is 13.8 Å². The van der Waals surface area contributed by atoms with Crippen molar-refractivity contribution in [2.45, 2.75) is 20.4 Å². The Morgan fingerprint density at radius 3 is 2.52 bits per heavy atom. The predicted molar refractivity (Wildman–Crippen MR) is 90.2 cm³/mol. The van der Waals surface area contributed by atoms with Gasteiger partial charge < -0.3 is 14.4 Å². The summed E-state index contributed by atoms with van der Waals surface area (Å²) in [4.78, 5) is 24.7. The molecule has 2 heterocycles. The summed E-state index contributed by atoms with van der Waals surface area (Å²) in [5, 5.41) is 0. The predicted octanol–water partition coefficient (Wildman–Crippen LogP) is 1.64. The minimum absolute atomic E-state index is 0.00118. The number of likely N-dealkylation sites (N-methyl/N-ethyl adjacent to an activating group) is 2. The van der Waals surface area contributed by atoms with Crippen molar-refractivity contribution in [3.8, 4) is 0 Å². The first-order chi connectivity index (χ1) is 10.9. The zero-order valence-electron chi connectivity index (χ0n) is 14.6. The van der Waals surface area contributed by atoms with Gasteiger partial charge >= 0.3 is 0 Å². The van der Waals surface area contributed by atoms with E-state index in [4.69, 9.17) is 0 Å². The number of rotatable bonds is 6. The minimum atomic E-state index is -0.00118. The van der Waals surface area contributed by atoms with Crippen molar-refractivity contribution < 1.29 is 4.79 Å². The molecule has 0 N–H and O–H groups in total. The lowest BCUT2D eigenvalue weighted by atomic mass is 10.2. The maximum absolute atomic E-state index is 12.4. The topological polar surface area (TPSA) is 54.3 Å². The number of aromatic nitrogens is 3. The van der Waals surface area contributed by atoms with E-state index in [0.29, 0.717) is 12.2 Å². The van der Waals surface area contributed by atoms with E-state index in [1.165, 1.54) is 5.56 Å². The molecule has 0 bridgehead atoms. The molecule has 2 aromatic heterocycles. The molecule has 124 valence electrons. The SMILES string of the molecule is Cc1cncc(CN(C)CCN(C)C(=O)c2cnc(C)n2C)c1. The van der Waals surface area contributed by atoms with Gasteiger partial charge in [-0.05, 0) is 32.0 Å². The molecule has 0 aliphatic carbocycles. The Kier molecular flexibility index (Phi) is 5.50. The van der Waals surface area contributed by atoms with E-state index < -0.39 is 0 Å². The molecule has 2 rings (SSSR count). The van der Waals surface area contributed by atoms with E-state index in [0.717, 1.165) is 24.5 Å². The second kappa shape index (κ2) is 7.37. The Labute approximate surface area is 137 Å². The molecule has 0 fully saturated rings. The van der Waals surface area contributed by atoms with Crippen molar-refractivity contribution in [3.63, 3.8) is 0 Å². The Morgan fingerprint density at radius 2 is 1.91 bits per heavy atom. The number of carbonyl (C=O) groups is 1. The monoisotopic (exact) mass is 315 g/mol. The average molecular weight is 315 g/mol. The second-order valence-corrected chi connectivity index (χ2v) is 6.08. The van der Waals surface area contributed by atoms with Gasteiger partial charge in [0.15, 0.2) is 0 Å². The summed E-state index contributed by atoms with van der Waals surface area (Å²) in [7, 11) is 5.74. The molecule has 2 aromatic rings. The molecule has 6 nitrogen and oxygen atoms in total.